The highest BCUT2D eigenvalue weighted by atomic mass is 16.6. The second-order valence-electron chi connectivity index (χ2n) is 7.95. The minimum atomic E-state index is -0.274. The number of rotatable bonds is 6. The first kappa shape index (κ1) is 20.7. The Kier molecular flexibility index (Phi) is 6.55. The third kappa shape index (κ3) is 4.77. The third-order valence-electron chi connectivity index (χ3n) is 5.84. The first-order valence-electron chi connectivity index (χ1n) is 10.7. The van der Waals surface area contributed by atoms with E-state index in [1.165, 1.54) is 11.1 Å². The Balaban J connectivity index is 1.45. The molecule has 2 aliphatic rings. The molecule has 30 heavy (non-hydrogen) atoms. The van der Waals surface area contributed by atoms with E-state index in [4.69, 9.17) is 14.2 Å². The number of nitrogens with one attached hydrogen (secondary N) is 1. The van der Waals surface area contributed by atoms with Crippen LogP contribution >= 0.6 is 0 Å². The minimum absolute atomic E-state index is 0.0117. The Morgan fingerprint density at radius 2 is 1.77 bits per heavy atom. The highest BCUT2D eigenvalue weighted by Crippen LogP contribution is 2.33. The summed E-state index contributed by atoms with van der Waals surface area (Å²) in [6.07, 6.45) is 0. The molecule has 0 saturated carbocycles. The van der Waals surface area contributed by atoms with Gasteiger partial charge in [-0.1, -0.05) is 35.9 Å². The molecule has 2 heterocycles. The summed E-state index contributed by atoms with van der Waals surface area (Å²) in [4.78, 5) is 15.4. The van der Waals surface area contributed by atoms with Crippen LogP contribution < -0.4 is 14.8 Å². The number of hydrogen-bond donors (Lipinski definition) is 1. The van der Waals surface area contributed by atoms with E-state index in [0.717, 1.165) is 37.6 Å². The number of nitrogens with zero attached hydrogens (tertiary/aromatic N) is 1. The van der Waals surface area contributed by atoms with Crippen LogP contribution in [0.25, 0.3) is 0 Å². The zero-order valence-electron chi connectivity index (χ0n) is 17.7. The Labute approximate surface area is 178 Å². The Bertz CT molecular complexity index is 879. The molecule has 0 spiro atoms. The van der Waals surface area contributed by atoms with Gasteiger partial charge in [-0.25, -0.2) is 0 Å². The molecule has 2 aromatic carbocycles. The quantitative estimate of drug-likeness (QED) is 0.793. The Morgan fingerprint density at radius 3 is 2.53 bits per heavy atom. The first-order valence-corrected chi connectivity index (χ1v) is 10.7. The molecule has 0 aliphatic carbocycles. The number of morpholine rings is 1. The van der Waals surface area contributed by atoms with Gasteiger partial charge in [-0.2, -0.15) is 0 Å². The van der Waals surface area contributed by atoms with Gasteiger partial charge in [-0.3, -0.25) is 9.69 Å². The maximum Gasteiger partial charge on any atom is 0.227 e. The van der Waals surface area contributed by atoms with E-state index in [9.17, 15) is 4.79 Å². The average molecular weight is 411 g/mol. The lowest BCUT2D eigenvalue weighted by atomic mass is 9.98. The second kappa shape index (κ2) is 9.49. The van der Waals surface area contributed by atoms with Crippen LogP contribution in [0.15, 0.2) is 42.5 Å². The van der Waals surface area contributed by atoms with E-state index < -0.39 is 0 Å². The van der Waals surface area contributed by atoms with E-state index in [1.54, 1.807) is 0 Å². The van der Waals surface area contributed by atoms with Gasteiger partial charge in [-0.15, -0.1) is 0 Å². The van der Waals surface area contributed by atoms with Crippen LogP contribution in [0.5, 0.6) is 11.5 Å². The number of hydrogen-bond acceptors (Lipinski definition) is 5. The molecule has 1 saturated heterocycles. The lowest BCUT2D eigenvalue weighted by Crippen LogP contribution is -2.44. The topological polar surface area (TPSA) is 60.0 Å². The second-order valence-corrected chi connectivity index (χ2v) is 7.95. The molecule has 4 rings (SSSR count). The summed E-state index contributed by atoms with van der Waals surface area (Å²) in [6, 6.07) is 14.4. The van der Waals surface area contributed by atoms with Gasteiger partial charge in [0.25, 0.3) is 0 Å². The Morgan fingerprint density at radius 1 is 1.00 bits per heavy atom. The smallest absolute Gasteiger partial charge is 0.227 e. The average Bonchev–Trinajstić information content (AvgIpc) is 2.79. The van der Waals surface area contributed by atoms with E-state index in [2.05, 4.69) is 41.4 Å². The summed E-state index contributed by atoms with van der Waals surface area (Å²) < 4.78 is 16.8. The lowest BCUT2D eigenvalue weighted by Gasteiger charge is -2.35. The van der Waals surface area contributed by atoms with Crippen molar-refractivity contribution in [3.63, 3.8) is 0 Å². The fourth-order valence-electron chi connectivity index (χ4n) is 4.06. The number of carbonyl (C=O) groups excluding carboxylic acids is 1. The van der Waals surface area contributed by atoms with Crippen molar-refractivity contribution in [2.75, 3.05) is 46.1 Å². The largest absolute Gasteiger partial charge is 0.486 e. The molecule has 160 valence electrons. The summed E-state index contributed by atoms with van der Waals surface area (Å²) in [6.45, 7) is 8.88. The van der Waals surface area contributed by atoms with E-state index >= 15 is 0 Å². The third-order valence-corrected chi connectivity index (χ3v) is 5.84. The van der Waals surface area contributed by atoms with Gasteiger partial charge in [0, 0.05) is 19.6 Å². The Hall–Kier alpha value is -2.57. The number of benzene rings is 2. The molecule has 2 unspecified atom stereocenters. The molecule has 0 radical (unpaired) electrons. The molecule has 1 amide bonds. The molecule has 6 nitrogen and oxygen atoms in total. The van der Waals surface area contributed by atoms with E-state index in [0.29, 0.717) is 25.5 Å². The summed E-state index contributed by atoms with van der Waals surface area (Å²) in [5.74, 6) is 1.19. The highest BCUT2D eigenvalue weighted by molar-refractivity contribution is 5.83. The summed E-state index contributed by atoms with van der Waals surface area (Å²) >= 11 is 0. The van der Waals surface area contributed by atoms with Gasteiger partial charge >= 0.3 is 0 Å². The predicted molar refractivity (Wildman–Crippen MR) is 115 cm³/mol. The summed E-state index contributed by atoms with van der Waals surface area (Å²) in [7, 11) is 0. The number of amides is 1. The van der Waals surface area contributed by atoms with Crippen LogP contribution in [-0.4, -0.2) is 56.9 Å². The van der Waals surface area contributed by atoms with Crippen LogP contribution in [0.2, 0.25) is 0 Å². The zero-order valence-corrected chi connectivity index (χ0v) is 17.7. The molecule has 0 bridgehead atoms. The number of aryl methyl sites for hydroxylation is 1. The van der Waals surface area contributed by atoms with Crippen LogP contribution in [0, 0.1) is 6.92 Å². The van der Waals surface area contributed by atoms with Crippen molar-refractivity contribution >= 4 is 5.91 Å². The molecular formula is C24H30N2O4. The maximum atomic E-state index is 13.0. The van der Waals surface area contributed by atoms with Gasteiger partial charge in [-0.05, 0) is 37.1 Å². The van der Waals surface area contributed by atoms with Crippen molar-refractivity contribution in [2.45, 2.75) is 25.8 Å². The highest BCUT2D eigenvalue weighted by Gasteiger charge is 2.25. The van der Waals surface area contributed by atoms with Crippen LogP contribution in [0.3, 0.4) is 0 Å². The van der Waals surface area contributed by atoms with Crippen molar-refractivity contribution in [2.24, 2.45) is 0 Å². The standard InChI is InChI=1S/C24H30N2O4/c1-17-4-3-5-20(14-17)21(26-8-10-28-11-9-26)16-25-24(27)18(2)19-6-7-22-23(15-19)30-13-12-29-22/h3-7,14-15,18,21H,8-13,16H2,1-2H3,(H,25,27). The SMILES string of the molecule is Cc1cccc(C(CNC(=O)C(C)c2ccc3c(c2)OCCO3)N2CCOCC2)c1. The normalized spacial score (nSPS) is 18.5. The van der Waals surface area contributed by atoms with Crippen LogP contribution in [0.4, 0.5) is 0 Å². The van der Waals surface area contributed by atoms with E-state index in [-0.39, 0.29) is 17.9 Å². The summed E-state index contributed by atoms with van der Waals surface area (Å²) in [5, 5.41) is 3.18. The van der Waals surface area contributed by atoms with Crippen LogP contribution in [0.1, 0.15) is 35.6 Å². The first-order chi connectivity index (χ1) is 14.6. The molecule has 1 N–H and O–H groups in total. The molecule has 2 aromatic rings. The maximum absolute atomic E-state index is 13.0. The summed E-state index contributed by atoms with van der Waals surface area (Å²) in [5.41, 5.74) is 3.38. The fourth-order valence-corrected chi connectivity index (χ4v) is 4.06. The zero-order chi connectivity index (χ0) is 20.9. The molecule has 1 fully saturated rings. The van der Waals surface area contributed by atoms with Crippen molar-refractivity contribution in [3.05, 3.63) is 59.2 Å². The van der Waals surface area contributed by atoms with Crippen molar-refractivity contribution in [1.29, 1.82) is 0 Å². The predicted octanol–water partition coefficient (Wildman–Crippen LogP) is 3.06. The molecule has 6 heteroatoms. The van der Waals surface area contributed by atoms with Crippen molar-refractivity contribution in [3.8, 4) is 11.5 Å². The molecule has 0 aromatic heterocycles. The molecule has 2 aliphatic heterocycles. The van der Waals surface area contributed by atoms with Gasteiger partial charge in [0.2, 0.25) is 5.91 Å². The molecular weight excluding hydrogens is 380 g/mol. The van der Waals surface area contributed by atoms with Crippen molar-refractivity contribution < 1.29 is 19.0 Å². The fraction of sp³-hybridized carbons (Fsp3) is 0.458. The molecule has 2 atom stereocenters. The number of fused-ring (bicyclic) bond motifs is 1. The van der Waals surface area contributed by atoms with E-state index in [1.807, 2.05) is 25.1 Å². The minimum Gasteiger partial charge on any atom is -0.486 e. The lowest BCUT2D eigenvalue weighted by molar-refractivity contribution is -0.122. The van der Waals surface area contributed by atoms with Gasteiger partial charge in [0.05, 0.1) is 25.2 Å². The number of carbonyl (C=O) groups is 1. The monoisotopic (exact) mass is 410 g/mol. The van der Waals surface area contributed by atoms with Gasteiger partial charge in [0.15, 0.2) is 11.5 Å². The van der Waals surface area contributed by atoms with Gasteiger partial charge in [0.1, 0.15) is 13.2 Å². The van der Waals surface area contributed by atoms with Crippen LogP contribution in [-0.2, 0) is 9.53 Å². The van der Waals surface area contributed by atoms with Gasteiger partial charge < -0.3 is 19.5 Å². The number of ether oxygens (including phenoxy) is 3. The van der Waals surface area contributed by atoms with Crippen molar-refractivity contribution in [1.82, 2.24) is 10.2 Å².